The molecule has 0 aromatic rings. The highest BCUT2D eigenvalue weighted by Crippen LogP contribution is 2.00. The number of nitrogens with two attached hydrogens (primary N) is 1. The largest absolute Gasteiger partial charge is 0.480 e. The van der Waals surface area contributed by atoms with Crippen LogP contribution >= 0.6 is 11.9 Å². The van der Waals surface area contributed by atoms with Crippen molar-refractivity contribution in [3.8, 4) is 0 Å². The Labute approximate surface area is 129 Å². The van der Waals surface area contributed by atoms with E-state index in [1.165, 1.54) is 0 Å². The number of carboxylic acids is 2. The standard InChI is InChI=1S/C10H18N4O7S/c11-5(10(19)20)1-2-7(15)13-6(4-22-14-21)9(18)12-3-8(16)17/h5-6,14,21H,1-4,11H2,(H,12,18)(H,13,15)(H,16,17)(H,19,20)/t5-,6-/m0/s1. The van der Waals surface area contributed by atoms with E-state index in [2.05, 4.69) is 10.6 Å². The van der Waals surface area contributed by atoms with E-state index in [4.69, 9.17) is 21.2 Å². The molecule has 22 heavy (non-hydrogen) atoms. The number of hydrogen-bond acceptors (Lipinski definition) is 8. The molecule has 0 fully saturated rings. The Morgan fingerprint density at radius 3 is 2.32 bits per heavy atom. The van der Waals surface area contributed by atoms with E-state index >= 15 is 0 Å². The van der Waals surface area contributed by atoms with Crippen molar-refractivity contribution >= 4 is 35.7 Å². The van der Waals surface area contributed by atoms with Crippen LogP contribution in [0, 0.1) is 0 Å². The molecule has 0 aliphatic carbocycles. The predicted molar refractivity (Wildman–Crippen MR) is 74.8 cm³/mol. The van der Waals surface area contributed by atoms with Gasteiger partial charge in [-0.15, -0.1) is 4.89 Å². The number of amides is 2. The summed E-state index contributed by atoms with van der Waals surface area (Å²) in [6.45, 7) is -0.619. The number of carbonyl (C=O) groups excluding carboxylic acids is 2. The van der Waals surface area contributed by atoms with Crippen LogP contribution in [0.15, 0.2) is 0 Å². The molecule has 0 unspecified atom stereocenters. The molecule has 0 aromatic carbocycles. The molecule has 0 aliphatic heterocycles. The van der Waals surface area contributed by atoms with Gasteiger partial charge in [0.1, 0.15) is 18.6 Å². The molecule has 0 bridgehead atoms. The van der Waals surface area contributed by atoms with Crippen molar-refractivity contribution in [2.75, 3.05) is 12.3 Å². The third kappa shape index (κ3) is 9.12. The molecule has 11 nitrogen and oxygen atoms in total. The van der Waals surface area contributed by atoms with Gasteiger partial charge in [-0.3, -0.25) is 19.2 Å². The molecule has 8 N–H and O–H groups in total. The Morgan fingerprint density at radius 1 is 1.18 bits per heavy atom. The lowest BCUT2D eigenvalue weighted by Gasteiger charge is -2.17. The van der Waals surface area contributed by atoms with Crippen molar-refractivity contribution in [1.29, 1.82) is 0 Å². The molecular formula is C10H18N4O7S. The summed E-state index contributed by atoms with van der Waals surface area (Å²) in [7, 11) is 0. The zero-order chi connectivity index (χ0) is 17.1. The Bertz CT molecular complexity index is 420. The molecule has 0 heterocycles. The third-order valence-corrected chi connectivity index (χ3v) is 3.01. The van der Waals surface area contributed by atoms with Gasteiger partial charge in [-0.1, -0.05) is 11.9 Å². The Hall–Kier alpha value is -1.89. The Balaban J connectivity index is 4.43. The molecule has 0 aromatic heterocycles. The average Bonchev–Trinajstić information content (AvgIpc) is 2.46. The van der Waals surface area contributed by atoms with Crippen molar-refractivity contribution in [2.24, 2.45) is 5.73 Å². The first kappa shape index (κ1) is 20.1. The summed E-state index contributed by atoms with van der Waals surface area (Å²) in [5.74, 6) is -3.94. The van der Waals surface area contributed by atoms with Gasteiger partial charge in [0.25, 0.3) is 0 Å². The average molecular weight is 338 g/mol. The van der Waals surface area contributed by atoms with Crippen molar-refractivity contribution in [2.45, 2.75) is 24.9 Å². The minimum absolute atomic E-state index is 0.0708. The smallest absolute Gasteiger partial charge is 0.322 e. The molecule has 2 amide bonds. The number of nitrogens with one attached hydrogen (secondary N) is 3. The van der Waals surface area contributed by atoms with Crippen LogP contribution in [0.1, 0.15) is 12.8 Å². The molecule has 12 heteroatoms. The summed E-state index contributed by atoms with van der Waals surface area (Å²) in [6, 6.07) is -2.30. The van der Waals surface area contributed by atoms with Crippen LogP contribution in [0.3, 0.4) is 0 Å². The monoisotopic (exact) mass is 338 g/mol. The first-order valence-electron chi connectivity index (χ1n) is 6.06. The molecule has 0 aliphatic rings. The molecule has 0 radical (unpaired) electrons. The first-order valence-corrected chi connectivity index (χ1v) is 7.04. The van der Waals surface area contributed by atoms with Gasteiger partial charge in [0.05, 0.1) is 0 Å². The molecule has 0 spiro atoms. The Kier molecular flexibility index (Phi) is 9.86. The second-order valence-electron chi connectivity index (χ2n) is 4.12. The second kappa shape index (κ2) is 10.8. The summed E-state index contributed by atoms with van der Waals surface area (Å²) >= 11 is 0.714. The van der Waals surface area contributed by atoms with Gasteiger partial charge < -0.3 is 31.8 Å². The number of carbonyl (C=O) groups is 4. The predicted octanol–water partition coefficient (Wildman–Crippen LogP) is -2.51. The van der Waals surface area contributed by atoms with E-state index in [9.17, 15) is 19.2 Å². The lowest BCUT2D eigenvalue weighted by molar-refractivity contribution is -0.139. The molecule has 126 valence electrons. The van der Waals surface area contributed by atoms with E-state index in [1.807, 2.05) is 0 Å². The minimum Gasteiger partial charge on any atom is -0.480 e. The van der Waals surface area contributed by atoms with Crippen LogP contribution in [0.25, 0.3) is 0 Å². The van der Waals surface area contributed by atoms with Gasteiger partial charge in [-0.2, -0.15) is 0 Å². The van der Waals surface area contributed by atoms with Crippen molar-refractivity contribution < 1.29 is 34.6 Å². The topological polar surface area (TPSA) is 191 Å². The highest BCUT2D eigenvalue weighted by atomic mass is 32.2. The maximum atomic E-state index is 11.7. The van der Waals surface area contributed by atoms with E-state index in [1.54, 1.807) is 4.89 Å². The van der Waals surface area contributed by atoms with Crippen molar-refractivity contribution in [1.82, 2.24) is 15.5 Å². The fraction of sp³-hybridized carbons (Fsp3) is 0.600. The lowest BCUT2D eigenvalue weighted by Crippen LogP contribution is -2.49. The van der Waals surface area contributed by atoms with Crippen LogP contribution in [0.5, 0.6) is 0 Å². The summed E-state index contributed by atoms with van der Waals surface area (Å²) in [5, 5.41) is 29.9. The third-order valence-electron chi connectivity index (χ3n) is 2.38. The molecule has 0 saturated heterocycles. The number of rotatable bonds is 11. The van der Waals surface area contributed by atoms with Crippen LogP contribution in [0.2, 0.25) is 0 Å². The van der Waals surface area contributed by atoms with Crippen molar-refractivity contribution in [3.63, 3.8) is 0 Å². The Morgan fingerprint density at radius 2 is 1.82 bits per heavy atom. The van der Waals surface area contributed by atoms with E-state index in [0.29, 0.717) is 11.9 Å². The number of aliphatic carboxylic acids is 2. The summed E-state index contributed by atoms with van der Waals surface area (Å²) in [4.78, 5) is 46.0. The fourth-order valence-electron chi connectivity index (χ4n) is 1.27. The molecule has 0 rings (SSSR count). The first-order chi connectivity index (χ1) is 10.3. The summed E-state index contributed by atoms with van der Waals surface area (Å²) in [6.07, 6.45) is -0.330. The van der Waals surface area contributed by atoms with Gasteiger partial charge in [-0.25, -0.2) is 0 Å². The summed E-state index contributed by atoms with van der Waals surface area (Å²) in [5.41, 5.74) is 5.25. The highest BCUT2D eigenvalue weighted by molar-refractivity contribution is 7.97. The normalized spacial score (nSPS) is 13.0. The quantitative estimate of drug-likeness (QED) is 0.156. The van der Waals surface area contributed by atoms with Crippen LogP contribution in [-0.2, 0) is 19.2 Å². The molecule has 2 atom stereocenters. The lowest BCUT2D eigenvalue weighted by atomic mass is 10.1. The summed E-state index contributed by atoms with van der Waals surface area (Å²) < 4.78 is 0. The zero-order valence-electron chi connectivity index (χ0n) is 11.4. The SMILES string of the molecule is N[C@@H](CCC(=O)N[C@@H](CSNO)C(=O)NCC(=O)O)C(=O)O. The number of hydrogen-bond donors (Lipinski definition) is 7. The van der Waals surface area contributed by atoms with Crippen LogP contribution < -0.4 is 21.3 Å². The van der Waals surface area contributed by atoms with Crippen LogP contribution in [0.4, 0.5) is 0 Å². The zero-order valence-corrected chi connectivity index (χ0v) is 12.3. The second-order valence-corrected chi connectivity index (χ2v) is 4.92. The van der Waals surface area contributed by atoms with Gasteiger partial charge >= 0.3 is 11.9 Å². The molecule has 0 saturated carbocycles. The van der Waals surface area contributed by atoms with E-state index < -0.39 is 42.4 Å². The van der Waals surface area contributed by atoms with Gasteiger partial charge in [0.2, 0.25) is 11.8 Å². The fourth-order valence-corrected chi connectivity index (χ4v) is 1.74. The number of carboxylic acid groups (broad SMARTS) is 2. The molecular weight excluding hydrogens is 320 g/mol. The van der Waals surface area contributed by atoms with E-state index in [-0.39, 0.29) is 18.6 Å². The highest BCUT2D eigenvalue weighted by Gasteiger charge is 2.22. The maximum Gasteiger partial charge on any atom is 0.322 e. The van der Waals surface area contributed by atoms with Crippen LogP contribution in [-0.4, -0.2) is 63.6 Å². The van der Waals surface area contributed by atoms with E-state index in [0.717, 1.165) is 0 Å². The van der Waals surface area contributed by atoms with Gasteiger partial charge in [0.15, 0.2) is 0 Å². The van der Waals surface area contributed by atoms with Gasteiger partial charge in [0, 0.05) is 12.2 Å². The van der Waals surface area contributed by atoms with Gasteiger partial charge in [-0.05, 0) is 6.42 Å². The van der Waals surface area contributed by atoms with Crippen molar-refractivity contribution in [3.05, 3.63) is 0 Å². The maximum absolute atomic E-state index is 11.7. The minimum atomic E-state index is -1.25.